The maximum atomic E-state index is 12.8. The number of anilines is 3. The predicted molar refractivity (Wildman–Crippen MR) is 135 cm³/mol. The Morgan fingerprint density at radius 1 is 1.03 bits per heavy atom. The highest BCUT2D eigenvalue weighted by Crippen LogP contribution is 2.30. The van der Waals surface area contributed by atoms with Crippen molar-refractivity contribution in [2.75, 3.05) is 24.3 Å². The highest BCUT2D eigenvalue weighted by Gasteiger charge is 2.18. The van der Waals surface area contributed by atoms with Gasteiger partial charge < -0.3 is 14.8 Å². The number of thiazole rings is 1. The molecule has 0 aliphatic rings. The average molecular weight is 525 g/mol. The standard InChI is InChI=1S/C22H20N8O4S2/c1-13-19(30-10-4-9-23-20(30)24-13)16-12-35-22(26-16)25-14-5-7-15(8-6-14)36(31,32)29-17-11-18(33-2)28-21(27-17)34-3/h4-12H,1-3H3,(H,25,26)(H,27,28,29). The first-order valence-corrected chi connectivity index (χ1v) is 12.8. The van der Waals surface area contributed by atoms with E-state index in [2.05, 4.69) is 35.0 Å². The van der Waals surface area contributed by atoms with Crippen LogP contribution < -0.4 is 19.5 Å². The third-order valence-electron chi connectivity index (χ3n) is 5.05. The summed E-state index contributed by atoms with van der Waals surface area (Å²) >= 11 is 1.43. The van der Waals surface area contributed by atoms with Crippen LogP contribution in [0.4, 0.5) is 16.6 Å². The molecule has 0 saturated heterocycles. The van der Waals surface area contributed by atoms with Crippen LogP contribution in [0.15, 0.2) is 59.1 Å². The molecule has 5 rings (SSSR count). The van der Waals surface area contributed by atoms with Crippen molar-refractivity contribution in [1.82, 2.24) is 29.3 Å². The van der Waals surface area contributed by atoms with Gasteiger partial charge in [-0.1, -0.05) is 0 Å². The van der Waals surface area contributed by atoms with Gasteiger partial charge in [0, 0.05) is 29.5 Å². The summed E-state index contributed by atoms with van der Waals surface area (Å²) in [5.41, 5.74) is 3.13. The van der Waals surface area contributed by atoms with E-state index in [0.29, 0.717) is 16.6 Å². The zero-order chi connectivity index (χ0) is 25.3. The summed E-state index contributed by atoms with van der Waals surface area (Å²) in [6, 6.07) is 9.44. The molecule has 0 atom stereocenters. The lowest BCUT2D eigenvalue weighted by Gasteiger charge is -2.10. The monoisotopic (exact) mass is 524 g/mol. The van der Waals surface area contributed by atoms with Crippen LogP contribution in [0.5, 0.6) is 11.9 Å². The largest absolute Gasteiger partial charge is 0.481 e. The number of imidazole rings is 1. The van der Waals surface area contributed by atoms with Crippen molar-refractivity contribution in [2.24, 2.45) is 0 Å². The Morgan fingerprint density at radius 2 is 1.83 bits per heavy atom. The first-order valence-electron chi connectivity index (χ1n) is 10.5. The van der Waals surface area contributed by atoms with Gasteiger partial charge in [-0.15, -0.1) is 11.3 Å². The van der Waals surface area contributed by atoms with Crippen molar-refractivity contribution in [2.45, 2.75) is 11.8 Å². The molecule has 14 heteroatoms. The van der Waals surface area contributed by atoms with Crippen molar-refractivity contribution < 1.29 is 17.9 Å². The van der Waals surface area contributed by atoms with Crippen LogP contribution >= 0.6 is 11.3 Å². The van der Waals surface area contributed by atoms with Crippen molar-refractivity contribution >= 4 is 43.8 Å². The molecule has 4 heterocycles. The van der Waals surface area contributed by atoms with E-state index in [0.717, 1.165) is 17.1 Å². The number of methoxy groups -OCH3 is 2. The number of nitrogens with zero attached hydrogens (tertiary/aromatic N) is 6. The van der Waals surface area contributed by atoms with E-state index in [1.807, 2.05) is 29.0 Å². The number of aryl methyl sites for hydroxylation is 1. The molecule has 36 heavy (non-hydrogen) atoms. The molecular weight excluding hydrogens is 504 g/mol. The van der Waals surface area contributed by atoms with Gasteiger partial charge in [0.15, 0.2) is 10.9 Å². The summed E-state index contributed by atoms with van der Waals surface area (Å²) in [6.07, 6.45) is 3.59. The van der Waals surface area contributed by atoms with Crippen LogP contribution in [0.25, 0.3) is 17.2 Å². The number of rotatable bonds is 8. The number of benzene rings is 1. The van der Waals surface area contributed by atoms with Gasteiger partial charge in [-0.3, -0.25) is 9.12 Å². The molecule has 5 aromatic rings. The second kappa shape index (κ2) is 9.39. The van der Waals surface area contributed by atoms with Gasteiger partial charge in [0.25, 0.3) is 10.0 Å². The fourth-order valence-electron chi connectivity index (χ4n) is 3.44. The maximum absolute atomic E-state index is 12.8. The minimum Gasteiger partial charge on any atom is -0.481 e. The average Bonchev–Trinajstić information content (AvgIpc) is 3.46. The molecule has 0 unspecified atom stereocenters. The Morgan fingerprint density at radius 3 is 2.58 bits per heavy atom. The zero-order valence-corrected chi connectivity index (χ0v) is 21.0. The minimum absolute atomic E-state index is 0.0223. The van der Waals surface area contributed by atoms with Gasteiger partial charge >= 0.3 is 6.01 Å². The third-order valence-corrected chi connectivity index (χ3v) is 7.18. The Balaban J connectivity index is 1.33. The first-order chi connectivity index (χ1) is 17.4. The second-order valence-corrected chi connectivity index (χ2v) is 9.95. The summed E-state index contributed by atoms with van der Waals surface area (Å²) < 4.78 is 40.0. The van der Waals surface area contributed by atoms with Crippen molar-refractivity contribution in [3.05, 3.63) is 59.9 Å². The summed E-state index contributed by atoms with van der Waals surface area (Å²) in [5, 5.41) is 5.78. The number of hydrogen-bond acceptors (Lipinski definition) is 11. The quantitative estimate of drug-likeness (QED) is 0.309. The summed E-state index contributed by atoms with van der Waals surface area (Å²) in [5.74, 6) is 0.795. The SMILES string of the molecule is COc1cc(NS(=O)(=O)c2ccc(Nc3nc(-c4c(C)nc5ncccn45)cs3)cc2)nc(OC)n1. The molecule has 12 nitrogen and oxygen atoms in total. The first kappa shape index (κ1) is 23.4. The molecule has 4 aromatic heterocycles. The van der Waals surface area contributed by atoms with Gasteiger partial charge in [0.2, 0.25) is 11.7 Å². The normalized spacial score (nSPS) is 11.4. The summed E-state index contributed by atoms with van der Waals surface area (Å²) in [7, 11) is -1.13. The number of nitrogens with one attached hydrogen (secondary N) is 2. The van der Waals surface area contributed by atoms with Crippen LogP contribution in [-0.2, 0) is 10.0 Å². The van der Waals surface area contributed by atoms with Crippen LogP contribution in [0, 0.1) is 6.92 Å². The summed E-state index contributed by atoms with van der Waals surface area (Å²) in [4.78, 5) is 21.4. The molecule has 0 amide bonds. The number of fused-ring (bicyclic) bond motifs is 1. The molecule has 2 N–H and O–H groups in total. The Labute approximate surface area is 210 Å². The Bertz CT molecular complexity index is 1630. The van der Waals surface area contributed by atoms with Crippen LogP contribution in [0.2, 0.25) is 0 Å². The van der Waals surface area contributed by atoms with E-state index in [9.17, 15) is 8.42 Å². The lowest BCUT2D eigenvalue weighted by molar-refractivity contribution is 0.353. The van der Waals surface area contributed by atoms with Crippen LogP contribution in [-0.4, -0.2) is 52.0 Å². The molecule has 0 aliphatic carbocycles. The molecule has 0 spiro atoms. The molecule has 184 valence electrons. The fourth-order valence-corrected chi connectivity index (χ4v) is 5.14. The van der Waals surface area contributed by atoms with E-state index in [1.54, 1.807) is 18.3 Å². The zero-order valence-electron chi connectivity index (χ0n) is 19.3. The molecule has 0 aliphatic heterocycles. The number of aromatic nitrogens is 6. The molecule has 0 bridgehead atoms. The smallest absolute Gasteiger partial charge is 0.321 e. The van der Waals surface area contributed by atoms with Gasteiger partial charge in [-0.05, 0) is 37.3 Å². The van der Waals surface area contributed by atoms with E-state index in [4.69, 9.17) is 9.47 Å². The van der Waals surface area contributed by atoms with E-state index < -0.39 is 10.0 Å². The Hall–Kier alpha value is -4.30. The molecule has 0 fully saturated rings. The van der Waals surface area contributed by atoms with E-state index in [1.165, 1.54) is 43.8 Å². The highest BCUT2D eigenvalue weighted by molar-refractivity contribution is 7.92. The maximum Gasteiger partial charge on any atom is 0.321 e. The number of hydrogen-bond donors (Lipinski definition) is 2. The Kier molecular flexibility index (Phi) is 6.12. The van der Waals surface area contributed by atoms with Gasteiger partial charge in [-0.2, -0.15) is 9.97 Å². The highest BCUT2D eigenvalue weighted by atomic mass is 32.2. The van der Waals surface area contributed by atoms with Crippen LogP contribution in [0.3, 0.4) is 0 Å². The van der Waals surface area contributed by atoms with Gasteiger partial charge in [-0.25, -0.2) is 23.4 Å². The van der Waals surface area contributed by atoms with Crippen molar-refractivity contribution in [1.29, 1.82) is 0 Å². The third kappa shape index (κ3) is 4.63. The van der Waals surface area contributed by atoms with E-state index >= 15 is 0 Å². The predicted octanol–water partition coefficient (Wildman–Crippen LogP) is 3.51. The molecule has 0 saturated carbocycles. The summed E-state index contributed by atoms with van der Waals surface area (Å²) in [6.45, 7) is 1.91. The number of sulfonamides is 1. The molecule has 0 radical (unpaired) electrons. The lowest BCUT2D eigenvalue weighted by Crippen LogP contribution is -2.14. The van der Waals surface area contributed by atoms with Gasteiger partial charge in [0.1, 0.15) is 5.69 Å². The molecular formula is C22H20N8O4S2. The van der Waals surface area contributed by atoms with E-state index in [-0.39, 0.29) is 22.6 Å². The molecule has 1 aromatic carbocycles. The number of ether oxygens (including phenoxy) is 2. The lowest BCUT2D eigenvalue weighted by atomic mass is 10.3. The minimum atomic E-state index is -3.91. The van der Waals surface area contributed by atoms with Crippen molar-refractivity contribution in [3.63, 3.8) is 0 Å². The fraction of sp³-hybridized carbons (Fsp3) is 0.136. The van der Waals surface area contributed by atoms with Gasteiger partial charge in [0.05, 0.1) is 30.5 Å². The second-order valence-electron chi connectivity index (χ2n) is 7.41. The van der Waals surface area contributed by atoms with Crippen molar-refractivity contribution in [3.8, 4) is 23.3 Å². The topological polar surface area (TPSA) is 146 Å². The van der Waals surface area contributed by atoms with Crippen LogP contribution in [0.1, 0.15) is 5.69 Å².